The standard InChI is InChI=1S/C24H29N4O4.Tl/c1-13(2)31-16-8-15-4-6-25-11-18(15)20(9-16)32-21-10-19(22(29)23(21)30)28-7-5-17-14(3)26-12-27-24(17)28;/h5,7,9,12-13,19,21-23,25,29-30H,4,6,10-11H2,1-3H3;/t19-,21+,22+,23-;/m1./s1. The third-order valence-electron chi connectivity index (χ3n) is 6.67. The molecule has 2 aliphatic rings. The number of nitrogens with zero attached hydrogens (tertiary/aromatic N) is 3. The summed E-state index contributed by atoms with van der Waals surface area (Å²) in [6, 6.07) is 3.60. The molecule has 0 spiro atoms. The minimum absolute atomic E-state index is 0.0749. The fourth-order valence-corrected chi connectivity index (χ4v) is 6.82. The van der Waals surface area contributed by atoms with Crippen molar-refractivity contribution < 1.29 is 19.7 Å². The molecule has 1 saturated carbocycles. The van der Waals surface area contributed by atoms with E-state index in [0.717, 1.165) is 53.3 Å². The molecule has 2 aromatic heterocycles. The van der Waals surface area contributed by atoms with Gasteiger partial charge in [-0.1, -0.05) is 0 Å². The van der Waals surface area contributed by atoms with Crippen LogP contribution in [0.3, 0.4) is 0 Å². The molecule has 3 aromatic rings. The number of aliphatic hydroxyl groups excluding tert-OH is 2. The number of rotatable bonds is 5. The number of nitrogens with one attached hydrogen (secondary N) is 1. The van der Waals surface area contributed by atoms with Crippen LogP contribution in [0.2, 0.25) is 0 Å². The zero-order valence-electron chi connectivity index (χ0n) is 19.2. The third kappa shape index (κ3) is 4.15. The van der Waals surface area contributed by atoms with E-state index in [-0.39, 0.29) is 12.1 Å². The Morgan fingerprint density at radius 2 is 2.00 bits per heavy atom. The zero-order chi connectivity index (χ0) is 23.3. The molecule has 1 aliphatic carbocycles. The quantitative estimate of drug-likeness (QED) is 0.359. The molecule has 0 amide bonds. The second-order valence-electron chi connectivity index (χ2n) is 9.20. The van der Waals surface area contributed by atoms with E-state index in [4.69, 9.17) is 9.47 Å². The molecule has 5 rings (SSSR count). The Kier molecular flexibility index (Phi) is 6.36. The number of aromatic nitrogens is 3. The van der Waals surface area contributed by atoms with Crippen LogP contribution in [0, 0.1) is 6.92 Å². The molecule has 0 unspecified atom stereocenters. The Labute approximate surface area is 209 Å². The van der Waals surface area contributed by atoms with Gasteiger partial charge in [0.25, 0.3) is 0 Å². The fourth-order valence-electron chi connectivity index (χ4n) is 5.00. The van der Waals surface area contributed by atoms with Crippen LogP contribution in [0.1, 0.15) is 43.1 Å². The topological polar surface area (TPSA) is 102 Å². The molecular formula is C24H29N4O4Tl. The van der Waals surface area contributed by atoms with Crippen molar-refractivity contribution in [2.24, 2.45) is 0 Å². The molecule has 9 heteroatoms. The molecular weight excluding hydrogens is 613 g/mol. The first kappa shape index (κ1) is 23.0. The summed E-state index contributed by atoms with van der Waals surface area (Å²) in [5.41, 5.74) is 4.12. The van der Waals surface area contributed by atoms with Gasteiger partial charge < -0.3 is 0 Å². The van der Waals surface area contributed by atoms with Crippen molar-refractivity contribution in [2.45, 2.75) is 70.6 Å². The summed E-state index contributed by atoms with van der Waals surface area (Å²) < 4.78 is 15.8. The summed E-state index contributed by atoms with van der Waals surface area (Å²) >= 11 is 0.653. The van der Waals surface area contributed by atoms with E-state index >= 15 is 0 Å². The molecule has 3 heterocycles. The Morgan fingerprint density at radius 3 is 2.79 bits per heavy atom. The van der Waals surface area contributed by atoms with Crippen molar-refractivity contribution in [3.8, 4) is 11.5 Å². The van der Waals surface area contributed by atoms with Crippen LogP contribution >= 0.6 is 0 Å². The SMILES string of the molecule is Cc1ncnc2c1ccn2[C@@H]1C[C@H](Oc2cc(OC(C)C)[c]([Tl])c3c2CNCC3)[C@@H](O)[C@H]1O. The maximum atomic E-state index is 10.9. The van der Waals surface area contributed by atoms with Gasteiger partial charge in [-0.05, 0) is 6.92 Å². The van der Waals surface area contributed by atoms with Gasteiger partial charge in [-0.3, -0.25) is 0 Å². The Hall–Kier alpha value is -1.76. The second kappa shape index (κ2) is 9.12. The van der Waals surface area contributed by atoms with Gasteiger partial charge in [-0.15, -0.1) is 0 Å². The van der Waals surface area contributed by atoms with E-state index < -0.39 is 18.3 Å². The van der Waals surface area contributed by atoms with Crippen molar-refractivity contribution in [3.63, 3.8) is 0 Å². The van der Waals surface area contributed by atoms with Crippen LogP contribution in [0.4, 0.5) is 0 Å². The van der Waals surface area contributed by atoms with Crippen LogP contribution in [0.5, 0.6) is 11.5 Å². The predicted molar refractivity (Wildman–Crippen MR) is 125 cm³/mol. The number of hydrogen-bond donors (Lipinski definition) is 3. The average molecular weight is 642 g/mol. The van der Waals surface area contributed by atoms with Crippen LogP contribution in [0.25, 0.3) is 11.0 Å². The van der Waals surface area contributed by atoms with E-state index in [9.17, 15) is 10.2 Å². The Balaban J connectivity index is 1.46. The van der Waals surface area contributed by atoms with E-state index in [1.807, 2.05) is 43.7 Å². The van der Waals surface area contributed by atoms with E-state index in [1.54, 1.807) is 0 Å². The van der Waals surface area contributed by atoms with Crippen molar-refractivity contribution >= 4 is 39.9 Å². The molecule has 1 aromatic carbocycles. The van der Waals surface area contributed by atoms with E-state index in [0.29, 0.717) is 32.2 Å². The summed E-state index contributed by atoms with van der Waals surface area (Å²) in [4.78, 5) is 8.67. The molecule has 1 aliphatic heterocycles. The zero-order valence-corrected chi connectivity index (χ0v) is 23.6. The number of aliphatic hydroxyl groups is 2. The van der Waals surface area contributed by atoms with Gasteiger partial charge in [0.1, 0.15) is 0 Å². The summed E-state index contributed by atoms with van der Waals surface area (Å²) in [5, 5.41) is 26.3. The molecule has 172 valence electrons. The number of ether oxygens (including phenoxy) is 2. The summed E-state index contributed by atoms with van der Waals surface area (Å²) in [6.45, 7) is 7.67. The normalized spacial score (nSPS) is 24.9. The van der Waals surface area contributed by atoms with Gasteiger partial charge in [0, 0.05) is 0 Å². The Morgan fingerprint density at radius 1 is 1.18 bits per heavy atom. The van der Waals surface area contributed by atoms with Crippen LogP contribution < -0.4 is 17.9 Å². The van der Waals surface area contributed by atoms with Crippen LogP contribution in [0.15, 0.2) is 24.7 Å². The molecule has 4 atom stereocenters. The first-order valence-electron chi connectivity index (χ1n) is 11.5. The van der Waals surface area contributed by atoms with Gasteiger partial charge in [-0.2, -0.15) is 0 Å². The Bertz CT molecular complexity index is 1180. The average Bonchev–Trinajstić information content (AvgIpc) is 3.34. The molecule has 0 radical (unpaired) electrons. The number of fused-ring (bicyclic) bond motifs is 2. The monoisotopic (exact) mass is 642 g/mol. The van der Waals surface area contributed by atoms with Gasteiger partial charge in [0.15, 0.2) is 0 Å². The fraction of sp³-hybridized carbons (Fsp3) is 0.500. The van der Waals surface area contributed by atoms with Gasteiger partial charge in [0.05, 0.1) is 0 Å². The van der Waals surface area contributed by atoms with Crippen LogP contribution in [-0.2, 0) is 13.0 Å². The summed E-state index contributed by atoms with van der Waals surface area (Å²) in [6.07, 6.45) is 2.44. The maximum absolute atomic E-state index is 10.9. The van der Waals surface area contributed by atoms with E-state index in [2.05, 4.69) is 15.3 Å². The minimum atomic E-state index is -1.00. The second-order valence-corrected chi connectivity index (χ2v) is 11.4. The molecule has 0 bridgehead atoms. The first-order chi connectivity index (χ1) is 15.8. The van der Waals surface area contributed by atoms with Gasteiger partial charge in [0.2, 0.25) is 0 Å². The predicted octanol–water partition coefficient (Wildman–Crippen LogP) is 1.08. The van der Waals surface area contributed by atoms with E-state index in [1.165, 1.54) is 15.0 Å². The van der Waals surface area contributed by atoms with Crippen LogP contribution in [-0.4, -0.2) is 81.5 Å². The summed E-state index contributed by atoms with van der Waals surface area (Å²) in [5.74, 6) is 1.63. The number of hydrogen-bond acceptors (Lipinski definition) is 7. The number of benzene rings is 1. The van der Waals surface area contributed by atoms with Gasteiger partial charge >= 0.3 is 198 Å². The van der Waals surface area contributed by atoms with Crippen molar-refractivity contribution in [1.29, 1.82) is 0 Å². The summed E-state index contributed by atoms with van der Waals surface area (Å²) in [7, 11) is 0. The first-order valence-corrected chi connectivity index (χ1v) is 13.7. The molecule has 33 heavy (non-hydrogen) atoms. The third-order valence-corrected chi connectivity index (χ3v) is 9.13. The van der Waals surface area contributed by atoms with Crippen molar-refractivity contribution in [2.75, 3.05) is 6.54 Å². The van der Waals surface area contributed by atoms with Gasteiger partial charge in [-0.25, -0.2) is 4.98 Å². The molecule has 0 saturated heterocycles. The number of aryl methyl sites for hydroxylation is 1. The molecule has 8 nitrogen and oxygen atoms in total. The molecule has 3 N–H and O–H groups in total. The van der Waals surface area contributed by atoms with Crippen molar-refractivity contribution in [1.82, 2.24) is 19.9 Å². The van der Waals surface area contributed by atoms with Crippen molar-refractivity contribution in [3.05, 3.63) is 41.5 Å². The molecule has 1 fully saturated rings.